The summed E-state index contributed by atoms with van der Waals surface area (Å²) in [6, 6.07) is 88.0. The topological polar surface area (TPSA) is 62.2 Å². The van der Waals surface area contributed by atoms with Crippen LogP contribution in [0, 0.1) is 0 Å². The van der Waals surface area contributed by atoms with Gasteiger partial charge in [0.15, 0.2) is 5.82 Å². The van der Waals surface area contributed by atoms with Crippen molar-refractivity contribution in [2.45, 2.75) is 12.3 Å². The van der Waals surface area contributed by atoms with E-state index in [1.54, 1.807) is 0 Å². The van der Waals surface area contributed by atoms with Gasteiger partial charge in [-0.3, -0.25) is 5.32 Å². The number of aliphatic imine (C=N–C) groups is 1. The molecule has 2 N–H and O–H groups in total. The van der Waals surface area contributed by atoms with E-state index in [0.717, 1.165) is 56.2 Å². The van der Waals surface area contributed by atoms with E-state index in [1.807, 2.05) is 48.5 Å². The molecule has 0 fully saturated rings. The van der Waals surface area contributed by atoms with Gasteiger partial charge in [-0.25, -0.2) is 15.0 Å². The van der Waals surface area contributed by atoms with Gasteiger partial charge in [-0.2, -0.15) is 0 Å². The molecule has 2 heterocycles. The number of aromatic nitrogens is 2. The summed E-state index contributed by atoms with van der Waals surface area (Å²) in [4.78, 5) is 15.2. The molecule has 0 aliphatic carbocycles. The van der Waals surface area contributed by atoms with Gasteiger partial charge in [0, 0.05) is 22.3 Å². The predicted octanol–water partition coefficient (Wildman–Crippen LogP) is 15.1. The maximum absolute atomic E-state index is 5.15. The zero-order chi connectivity index (χ0) is 45.2. The fraction of sp³-hybridized carbons (Fsp3) is 0.0317. The molecule has 0 bridgehead atoms. The van der Waals surface area contributed by atoms with Gasteiger partial charge in [-0.05, 0) is 84.3 Å². The number of nitrogens with one attached hydrogen (secondary N) is 2. The van der Waals surface area contributed by atoms with Crippen LogP contribution in [0.25, 0.3) is 88.8 Å². The van der Waals surface area contributed by atoms with Crippen molar-refractivity contribution < 1.29 is 0 Å². The van der Waals surface area contributed by atoms with Crippen molar-refractivity contribution in [3.63, 3.8) is 0 Å². The van der Waals surface area contributed by atoms with Gasteiger partial charge in [0.05, 0.1) is 11.4 Å². The molecular weight excluding hydrogens is 827 g/mol. The second-order valence-corrected chi connectivity index (χ2v) is 17.3. The van der Waals surface area contributed by atoms with E-state index in [-0.39, 0.29) is 12.3 Å². The van der Waals surface area contributed by atoms with Crippen molar-refractivity contribution in [3.8, 4) is 67.3 Å². The number of amidine groups is 1. The number of hydrogen-bond acceptors (Lipinski definition) is 5. The van der Waals surface area contributed by atoms with Gasteiger partial charge in [0.2, 0.25) is 0 Å². The van der Waals surface area contributed by atoms with E-state index >= 15 is 0 Å². The molecule has 1 aliphatic rings. The monoisotopic (exact) mass is 871 g/mol. The Hall–Kier alpha value is -8.77. The third-order valence-electron chi connectivity index (χ3n) is 13.0. The SMILES string of the molecule is c1ccc(-c2cc(-c3ccc(-c4ccc5c(-c6cccc7cc(-c8ccc(C9=NC(c%10ccccc%10)NC(c%10ccccc%10)N9)cc8)ccc67)cccc5c4)cc3)nc(-c3ccccc3)n2)cc1. The molecule has 1 aliphatic heterocycles. The highest BCUT2D eigenvalue weighted by Crippen LogP contribution is 2.38. The van der Waals surface area contributed by atoms with Crippen molar-refractivity contribution in [2.24, 2.45) is 4.99 Å². The van der Waals surface area contributed by atoms with Crippen LogP contribution in [0.5, 0.6) is 0 Å². The van der Waals surface area contributed by atoms with Gasteiger partial charge >= 0.3 is 0 Å². The highest BCUT2D eigenvalue weighted by molar-refractivity contribution is 6.07. The molecule has 11 aromatic rings. The molecule has 10 aromatic carbocycles. The predicted molar refractivity (Wildman–Crippen MR) is 281 cm³/mol. The van der Waals surface area contributed by atoms with Crippen LogP contribution in [0.1, 0.15) is 29.0 Å². The van der Waals surface area contributed by atoms with Crippen molar-refractivity contribution >= 4 is 27.4 Å². The summed E-state index contributed by atoms with van der Waals surface area (Å²) in [5.74, 6) is 1.58. The fourth-order valence-electron chi connectivity index (χ4n) is 9.45. The van der Waals surface area contributed by atoms with Crippen LogP contribution in [0.4, 0.5) is 0 Å². The van der Waals surface area contributed by atoms with Crippen LogP contribution in [-0.2, 0) is 0 Å². The zero-order valence-corrected chi connectivity index (χ0v) is 37.2. The Morgan fingerprint density at radius 3 is 1.31 bits per heavy atom. The van der Waals surface area contributed by atoms with Gasteiger partial charge in [0.1, 0.15) is 18.2 Å². The normalized spacial score (nSPS) is 14.6. The lowest BCUT2D eigenvalue weighted by Crippen LogP contribution is -2.44. The Morgan fingerprint density at radius 2 is 0.765 bits per heavy atom. The summed E-state index contributed by atoms with van der Waals surface area (Å²) in [5, 5.41) is 12.2. The zero-order valence-electron chi connectivity index (χ0n) is 37.2. The smallest absolute Gasteiger partial charge is 0.160 e. The van der Waals surface area contributed by atoms with Gasteiger partial charge in [-0.15, -0.1) is 0 Å². The van der Waals surface area contributed by atoms with E-state index < -0.39 is 0 Å². The van der Waals surface area contributed by atoms with E-state index in [1.165, 1.54) is 49.4 Å². The first-order valence-electron chi connectivity index (χ1n) is 23.1. The third kappa shape index (κ3) is 8.13. The van der Waals surface area contributed by atoms with Gasteiger partial charge < -0.3 is 5.32 Å². The molecule has 0 saturated carbocycles. The summed E-state index contributed by atoms with van der Waals surface area (Å²) >= 11 is 0. The molecule has 2 atom stereocenters. The lowest BCUT2D eigenvalue weighted by Gasteiger charge is -2.32. The highest BCUT2D eigenvalue weighted by Gasteiger charge is 2.25. The lowest BCUT2D eigenvalue weighted by molar-refractivity contribution is 0.409. The third-order valence-corrected chi connectivity index (χ3v) is 13.0. The quantitative estimate of drug-likeness (QED) is 0.152. The Kier molecular flexibility index (Phi) is 10.7. The summed E-state index contributed by atoms with van der Waals surface area (Å²) in [7, 11) is 0. The summed E-state index contributed by atoms with van der Waals surface area (Å²) in [5.41, 5.74) is 15.3. The molecule has 68 heavy (non-hydrogen) atoms. The van der Waals surface area contributed by atoms with Crippen molar-refractivity contribution in [1.29, 1.82) is 0 Å². The van der Waals surface area contributed by atoms with E-state index in [0.29, 0.717) is 5.82 Å². The number of benzene rings is 10. The molecule has 2 unspecified atom stereocenters. The molecule has 1 aromatic heterocycles. The minimum atomic E-state index is -0.172. The molecule has 0 amide bonds. The number of hydrogen-bond donors (Lipinski definition) is 2. The average Bonchev–Trinajstić information content (AvgIpc) is 3.43. The minimum absolute atomic E-state index is 0.0779. The van der Waals surface area contributed by atoms with Crippen molar-refractivity contribution in [2.75, 3.05) is 0 Å². The standard InChI is InChI=1S/C63H45N5/c1-5-15-44(16-6-1)58-41-59(65-60(64-58)46-17-7-2-8-18-46)45-31-27-42(28-32-45)50-35-37-54-52(39-50)23-13-25-56(54)57-26-14-24-53-40-51(36-38-55(53)57)43-29-33-49(34-30-43)63-67-61(47-19-9-3-10-20-47)66-62(68-63)48-21-11-4-12-22-48/h1-41,61-62,66H,(H,67,68). The molecule has 12 rings (SSSR count). The molecule has 0 saturated heterocycles. The Morgan fingerprint density at radius 1 is 0.324 bits per heavy atom. The number of rotatable bonds is 9. The second-order valence-electron chi connectivity index (χ2n) is 17.3. The highest BCUT2D eigenvalue weighted by atomic mass is 15.3. The van der Waals surface area contributed by atoms with Crippen LogP contribution in [0.3, 0.4) is 0 Å². The molecule has 0 radical (unpaired) electrons. The van der Waals surface area contributed by atoms with Crippen LogP contribution < -0.4 is 10.6 Å². The van der Waals surface area contributed by atoms with Crippen LogP contribution in [0.15, 0.2) is 254 Å². The number of fused-ring (bicyclic) bond motifs is 2. The average molecular weight is 872 g/mol. The Balaban J connectivity index is 0.813. The minimum Gasteiger partial charge on any atom is -0.350 e. The summed E-state index contributed by atoms with van der Waals surface area (Å²) in [6.45, 7) is 0. The second kappa shape index (κ2) is 17.9. The largest absolute Gasteiger partial charge is 0.350 e. The molecule has 0 spiro atoms. The van der Waals surface area contributed by atoms with E-state index in [4.69, 9.17) is 15.0 Å². The summed E-state index contributed by atoms with van der Waals surface area (Å²) in [6.07, 6.45) is -0.250. The molecule has 5 nitrogen and oxygen atoms in total. The molecule has 5 heteroatoms. The molecule has 322 valence electrons. The van der Waals surface area contributed by atoms with Gasteiger partial charge in [-0.1, -0.05) is 231 Å². The van der Waals surface area contributed by atoms with Crippen LogP contribution in [0.2, 0.25) is 0 Å². The van der Waals surface area contributed by atoms with Gasteiger partial charge in [0.25, 0.3) is 0 Å². The van der Waals surface area contributed by atoms with Crippen LogP contribution >= 0.6 is 0 Å². The van der Waals surface area contributed by atoms with E-state index in [2.05, 4.69) is 211 Å². The number of nitrogens with zero attached hydrogens (tertiary/aromatic N) is 3. The Bertz CT molecular complexity index is 3540. The maximum atomic E-state index is 5.15. The lowest BCUT2D eigenvalue weighted by atomic mass is 9.91. The van der Waals surface area contributed by atoms with E-state index in [9.17, 15) is 0 Å². The molecular formula is C63H45N5. The first-order valence-corrected chi connectivity index (χ1v) is 23.1. The first kappa shape index (κ1) is 40.7. The Labute approximate surface area is 396 Å². The van der Waals surface area contributed by atoms with Crippen LogP contribution in [-0.4, -0.2) is 15.8 Å². The first-order chi connectivity index (χ1) is 33.7. The summed E-state index contributed by atoms with van der Waals surface area (Å²) < 4.78 is 0. The fourth-order valence-corrected chi connectivity index (χ4v) is 9.45. The van der Waals surface area contributed by atoms with Crippen molar-refractivity contribution in [3.05, 3.63) is 265 Å². The van der Waals surface area contributed by atoms with Crippen molar-refractivity contribution in [1.82, 2.24) is 20.6 Å². The maximum Gasteiger partial charge on any atom is 0.160 e.